The van der Waals surface area contributed by atoms with Crippen LogP contribution < -0.4 is 5.11 Å². The fourth-order valence-corrected chi connectivity index (χ4v) is 3.61. The molecule has 6 heteroatoms. The minimum absolute atomic E-state index is 0.257. The number of thiocarbonyl (C=S) groups is 1. The van der Waals surface area contributed by atoms with Crippen LogP contribution >= 0.6 is 24.0 Å². The monoisotopic (exact) mass is 334 g/mol. The maximum absolute atomic E-state index is 12.5. The largest absolute Gasteiger partial charge is 0.548 e. The number of benzene rings is 1. The molecule has 1 aromatic rings. The van der Waals surface area contributed by atoms with Crippen molar-refractivity contribution in [2.45, 2.75) is 26.8 Å². The van der Waals surface area contributed by atoms with Crippen molar-refractivity contribution in [3.63, 3.8) is 0 Å². The second kappa shape index (κ2) is 6.62. The van der Waals surface area contributed by atoms with Crippen LogP contribution in [0.4, 0.5) is 0 Å². The smallest absolute Gasteiger partial charge is 0.266 e. The molecule has 22 heavy (non-hydrogen) atoms. The van der Waals surface area contributed by atoms with Gasteiger partial charge in [0.05, 0.1) is 16.9 Å². The number of carboxylic acid groups (broad SMARTS) is 1. The third-order valence-electron chi connectivity index (χ3n) is 3.45. The quantitative estimate of drug-likeness (QED) is 0.622. The van der Waals surface area contributed by atoms with Gasteiger partial charge in [-0.25, -0.2) is 0 Å². The molecule has 0 aliphatic carbocycles. The van der Waals surface area contributed by atoms with Crippen LogP contribution in [-0.4, -0.2) is 27.1 Å². The number of rotatable bonds is 4. The van der Waals surface area contributed by atoms with Gasteiger partial charge in [-0.2, -0.15) is 0 Å². The number of aliphatic carboxylic acids is 1. The molecule has 0 unspecified atom stereocenters. The zero-order valence-corrected chi connectivity index (χ0v) is 14.2. The topological polar surface area (TPSA) is 60.4 Å². The van der Waals surface area contributed by atoms with Crippen LogP contribution in [-0.2, 0) is 9.59 Å². The van der Waals surface area contributed by atoms with Gasteiger partial charge in [-0.15, -0.1) is 0 Å². The van der Waals surface area contributed by atoms with Gasteiger partial charge in [0.2, 0.25) is 0 Å². The fourth-order valence-electron chi connectivity index (χ4n) is 2.29. The van der Waals surface area contributed by atoms with Crippen LogP contribution in [0.15, 0.2) is 29.2 Å². The minimum atomic E-state index is -1.29. The van der Waals surface area contributed by atoms with Crippen molar-refractivity contribution in [2.24, 2.45) is 5.92 Å². The highest BCUT2D eigenvalue weighted by Crippen LogP contribution is 2.35. The molecule has 1 atom stereocenters. The highest BCUT2D eigenvalue weighted by molar-refractivity contribution is 8.26. The molecule has 0 spiro atoms. The lowest BCUT2D eigenvalue weighted by atomic mass is 10.0. The summed E-state index contributed by atoms with van der Waals surface area (Å²) in [5, 5.41) is 11.3. The van der Waals surface area contributed by atoms with Gasteiger partial charge in [0, 0.05) is 0 Å². The van der Waals surface area contributed by atoms with Crippen molar-refractivity contribution in [3.8, 4) is 0 Å². The summed E-state index contributed by atoms with van der Waals surface area (Å²) >= 11 is 6.32. The van der Waals surface area contributed by atoms with Crippen LogP contribution in [0, 0.1) is 12.8 Å². The molecule has 1 heterocycles. The standard InChI is InChI=1S/C16H17NO3S2/c1-9(2)13(15(19)20)17-14(18)12(22-16(17)21)8-11-7-5-4-6-10(11)3/h4-9,13H,1-3H3,(H,19,20)/p-1/b12-8-/t13-/m0/s1. The fraction of sp³-hybridized carbons (Fsp3) is 0.312. The molecule has 1 aliphatic heterocycles. The summed E-state index contributed by atoms with van der Waals surface area (Å²) in [5.74, 6) is -1.95. The lowest BCUT2D eigenvalue weighted by Crippen LogP contribution is -2.52. The highest BCUT2D eigenvalue weighted by Gasteiger charge is 2.39. The Balaban J connectivity index is 2.37. The lowest BCUT2D eigenvalue weighted by molar-refractivity contribution is -0.311. The van der Waals surface area contributed by atoms with Gasteiger partial charge in [-0.1, -0.05) is 62.1 Å². The summed E-state index contributed by atoms with van der Waals surface area (Å²) in [4.78, 5) is 25.5. The molecule has 116 valence electrons. The molecule has 2 rings (SSSR count). The first-order chi connectivity index (χ1) is 10.3. The van der Waals surface area contributed by atoms with E-state index in [2.05, 4.69) is 0 Å². The molecule has 1 aromatic carbocycles. The minimum Gasteiger partial charge on any atom is -0.548 e. The van der Waals surface area contributed by atoms with E-state index in [1.54, 1.807) is 19.9 Å². The van der Waals surface area contributed by atoms with E-state index < -0.39 is 12.0 Å². The highest BCUT2D eigenvalue weighted by atomic mass is 32.2. The first-order valence-electron chi connectivity index (χ1n) is 6.86. The number of carbonyl (C=O) groups is 2. The van der Waals surface area contributed by atoms with Crippen molar-refractivity contribution in [1.82, 2.24) is 4.90 Å². The molecule has 0 radical (unpaired) electrons. The van der Waals surface area contributed by atoms with E-state index in [4.69, 9.17) is 12.2 Å². The van der Waals surface area contributed by atoms with Gasteiger partial charge in [0.15, 0.2) is 0 Å². The van der Waals surface area contributed by atoms with Gasteiger partial charge in [0.1, 0.15) is 4.32 Å². The molecule has 0 saturated carbocycles. The predicted octanol–water partition coefficient (Wildman–Crippen LogP) is 1.97. The summed E-state index contributed by atoms with van der Waals surface area (Å²) in [7, 11) is 0. The van der Waals surface area contributed by atoms with Crippen LogP contribution in [0.2, 0.25) is 0 Å². The van der Waals surface area contributed by atoms with E-state index in [0.717, 1.165) is 27.8 Å². The SMILES string of the molecule is Cc1ccccc1/C=C1\SC(=S)N([C@H](C(=O)[O-])C(C)C)C1=O. The van der Waals surface area contributed by atoms with E-state index >= 15 is 0 Å². The predicted molar refractivity (Wildman–Crippen MR) is 89.8 cm³/mol. The second-order valence-electron chi connectivity index (χ2n) is 5.42. The molecule has 0 N–H and O–H groups in total. The van der Waals surface area contributed by atoms with Gasteiger partial charge in [0.25, 0.3) is 5.91 Å². The van der Waals surface area contributed by atoms with Crippen LogP contribution in [0.25, 0.3) is 6.08 Å². The van der Waals surface area contributed by atoms with Crippen LogP contribution in [0.3, 0.4) is 0 Å². The first-order valence-corrected chi connectivity index (χ1v) is 8.09. The van der Waals surface area contributed by atoms with E-state index in [1.165, 1.54) is 0 Å². The van der Waals surface area contributed by atoms with Crippen molar-refractivity contribution in [3.05, 3.63) is 40.3 Å². The summed E-state index contributed by atoms with van der Waals surface area (Å²) < 4.78 is 0.257. The Morgan fingerprint density at radius 2 is 2.00 bits per heavy atom. The van der Waals surface area contributed by atoms with Crippen LogP contribution in [0.1, 0.15) is 25.0 Å². The molecule has 1 fully saturated rings. The molecular weight excluding hydrogens is 318 g/mol. The molecule has 1 amide bonds. The van der Waals surface area contributed by atoms with Gasteiger partial charge >= 0.3 is 0 Å². The summed E-state index contributed by atoms with van der Waals surface area (Å²) in [5.41, 5.74) is 1.95. The Morgan fingerprint density at radius 1 is 1.36 bits per heavy atom. The average molecular weight is 334 g/mol. The Hall–Kier alpha value is -1.66. The molecular formula is C16H16NO3S2-. The summed E-state index contributed by atoms with van der Waals surface area (Å²) in [6, 6.07) is 6.61. The second-order valence-corrected chi connectivity index (χ2v) is 7.09. The van der Waals surface area contributed by atoms with E-state index in [9.17, 15) is 14.7 Å². The average Bonchev–Trinajstić information content (AvgIpc) is 2.69. The van der Waals surface area contributed by atoms with Gasteiger partial charge in [-0.3, -0.25) is 9.69 Å². The molecule has 1 saturated heterocycles. The third-order valence-corrected chi connectivity index (χ3v) is 4.78. The normalized spacial score (nSPS) is 18.4. The van der Waals surface area contributed by atoms with E-state index in [-0.39, 0.29) is 16.1 Å². The summed E-state index contributed by atoms with van der Waals surface area (Å²) in [6.45, 7) is 5.40. The number of nitrogens with zero attached hydrogens (tertiary/aromatic N) is 1. The van der Waals surface area contributed by atoms with Crippen LogP contribution in [0.5, 0.6) is 0 Å². The lowest BCUT2D eigenvalue weighted by Gasteiger charge is -2.30. The van der Waals surface area contributed by atoms with Crippen molar-refractivity contribution >= 4 is 46.3 Å². The molecule has 1 aliphatic rings. The number of carbonyl (C=O) groups excluding carboxylic acids is 2. The number of hydrogen-bond donors (Lipinski definition) is 0. The third kappa shape index (κ3) is 3.23. The summed E-state index contributed by atoms with van der Waals surface area (Å²) in [6.07, 6.45) is 1.75. The number of thioether (sulfide) groups is 1. The first kappa shape index (κ1) is 16.7. The zero-order chi connectivity index (χ0) is 16.4. The number of aryl methyl sites for hydroxylation is 1. The van der Waals surface area contributed by atoms with Crippen molar-refractivity contribution in [2.75, 3.05) is 0 Å². The maximum Gasteiger partial charge on any atom is 0.266 e. The van der Waals surface area contributed by atoms with Gasteiger partial charge < -0.3 is 9.90 Å². The number of amides is 1. The van der Waals surface area contributed by atoms with Crippen molar-refractivity contribution in [1.29, 1.82) is 0 Å². The Morgan fingerprint density at radius 3 is 2.55 bits per heavy atom. The Bertz CT molecular complexity index is 667. The van der Waals surface area contributed by atoms with E-state index in [1.807, 2.05) is 31.2 Å². The Kier molecular flexibility index (Phi) is 5.03. The van der Waals surface area contributed by atoms with E-state index in [0.29, 0.717) is 4.91 Å². The molecule has 0 bridgehead atoms. The zero-order valence-electron chi connectivity index (χ0n) is 12.5. The number of carboxylic acids is 1. The maximum atomic E-state index is 12.5. The van der Waals surface area contributed by atoms with Gasteiger partial charge in [-0.05, 0) is 30.0 Å². The molecule has 4 nitrogen and oxygen atoms in total. The number of hydrogen-bond acceptors (Lipinski definition) is 5. The van der Waals surface area contributed by atoms with Crippen molar-refractivity contribution < 1.29 is 14.7 Å². The molecule has 0 aromatic heterocycles. The Labute approximate surface area is 139 Å².